The predicted molar refractivity (Wildman–Crippen MR) is 108 cm³/mol. The molecule has 1 aliphatic heterocycles. The third-order valence-corrected chi connectivity index (χ3v) is 5.26. The number of hydrogen-bond donors (Lipinski definition) is 2. The maximum absolute atomic E-state index is 11.9. The molecule has 28 heavy (non-hydrogen) atoms. The summed E-state index contributed by atoms with van der Waals surface area (Å²) in [6, 6.07) is 14.5. The van der Waals surface area contributed by atoms with Crippen LogP contribution < -0.4 is 10.8 Å². The zero-order chi connectivity index (χ0) is 20.4. The van der Waals surface area contributed by atoms with E-state index in [-0.39, 0.29) is 24.4 Å². The number of nitrogens with one attached hydrogen (secondary N) is 1. The van der Waals surface area contributed by atoms with Crippen molar-refractivity contribution in [1.29, 1.82) is 0 Å². The van der Waals surface area contributed by atoms with Gasteiger partial charge in [0.15, 0.2) is 0 Å². The van der Waals surface area contributed by atoms with E-state index in [0.717, 1.165) is 16.6 Å². The van der Waals surface area contributed by atoms with E-state index < -0.39 is 13.2 Å². The van der Waals surface area contributed by atoms with Gasteiger partial charge in [-0.1, -0.05) is 36.4 Å². The number of aliphatic hydroxyl groups excluding tert-OH is 1. The smallest absolute Gasteiger partial charge is 0.444 e. The average Bonchev–Trinajstić information content (AvgIpc) is 2.88. The van der Waals surface area contributed by atoms with Crippen molar-refractivity contribution in [2.24, 2.45) is 0 Å². The number of benzene rings is 2. The first kappa shape index (κ1) is 20.4. The maximum atomic E-state index is 11.9. The summed E-state index contributed by atoms with van der Waals surface area (Å²) in [6.45, 7) is 8.20. The van der Waals surface area contributed by atoms with E-state index >= 15 is 0 Å². The molecular weight excluding hydrogens is 357 g/mol. The summed E-state index contributed by atoms with van der Waals surface area (Å²) < 4.78 is 17.3. The largest absolute Gasteiger partial charge is 0.494 e. The minimum Gasteiger partial charge on any atom is -0.444 e. The number of aliphatic hydroxyl groups is 1. The number of rotatable bonds is 5. The molecule has 0 aromatic heterocycles. The van der Waals surface area contributed by atoms with Gasteiger partial charge < -0.3 is 19.2 Å². The van der Waals surface area contributed by atoms with Crippen LogP contribution >= 0.6 is 0 Å². The van der Waals surface area contributed by atoms with E-state index in [1.54, 1.807) is 24.3 Å². The summed E-state index contributed by atoms with van der Waals surface area (Å²) in [5.74, 6) is 0. The summed E-state index contributed by atoms with van der Waals surface area (Å²) >= 11 is 0. The highest BCUT2D eigenvalue weighted by Gasteiger charge is 2.51. The third kappa shape index (κ3) is 4.55. The van der Waals surface area contributed by atoms with Crippen molar-refractivity contribution in [2.45, 2.75) is 52.1 Å². The molecule has 0 saturated carbocycles. The number of hydrogen-bond acceptors (Lipinski definition) is 5. The number of carbonyl (C=O) groups excluding carboxylic acids is 1. The fourth-order valence-electron chi connectivity index (χ4n) is 2.75. The number of carbonyl (C=O) groups is 1. The normalized spacial score (nSPS) is 17.4. The van der Waals surface area contributed by atoms with Crippen LogP contribution in [0.3, 0.4) is 0 Å². The van der Waals surface area contributed by atoms with Crippen LogP contribution in [0.25, 0.3) is 0 Å². The standard InChI is InChI=1S/C21H26BNO5/c1-20(2)21(3,4)28-22(27-20)17-9-5-16(6-10-17)14-26-19(25)23-18-11-7-15(13-24)8-12-18/h5-12,24H,13-14H2,1-4H3,(H,23,25). The molecule has 1 heterocycles. The molecule has 3 rings (SSSR count). The zero-order valence-electron chi connectivity index (χ0n) is 16.7. The summed E-state index contributed by atoms with van der Waals surface area (Å²) in [6.07, 6.45) is -0.535. The van der Waals surface area contributed by atoms with E-state index in [4.69, 9.17) is 19.2 Å². The fourth-order valence-corrected chi connectivity index (χ4v) is 2.75. The minimum absolute atomic E-state index is 0.0351. The van der Waals surface area contributed by atoms with Gasteiger partial charge in [-0.05, 0) is 56.4 Å². The molecule has 6 nitrogen and oxygen atoms in total. The Morgan fingerprint density at radius 2 is 1.50 bits per heavy atom. The van der Waals surface area contributed by atoms with Crippen LogP contribution in [0.1, 0.15) is 38.8 Å². The highest BCUT2D eigenvalue weighted by atomic mass is 16.7. The molecule has 0 unspecified atom stereocenters. The molecule has 2 aromatic rings. The van der Waals surface area contributed by atoms with Crippen LogP contribution in [0.2, 0.25) is 0 Å². The van der Waals surface area contributed by atoms with Crippen molar-refractivity contribution in [3.05, 3.63) is 59.7 Å². The molecular formula is C21H26BNO5. The SMILES string of the molecule is CC1(C)OB(c2ccc(COC(=O)Nc3ccc(CO)cc3)cc2)OC1(C)C. The van der Waals surface area contributed by atoms with Gasteiger partial charge in [0.1, 0.15) is 6.61 Å². The number of anilines is 1. The van der Waals surface area contributed by atoms with E-state index in [1.165, 1.54) is 0 Å². The third-order valence-electron chi connectivity index (χ3n) is 5.26. The van der Waals surface area contributed by atoms with Crippen molar-refractivity contribution in [3.63, 3.8) is 0 Å². The number of ether oxygens (including phenoxy) is 1. The van der Waals surface area contributed by atoms with E-state index in [9.17, 15) is 4.79 Å². The van der Waals surface area contributed by atoms with Gasteiger partial charge in [0.25, 0.3) is 0 Å². The molecule has 2 N–H and O–H groups in total. The Hall–Kier alpha value is -2.35. The molecule has 0 spiro atoms. The second kappa shape index (κ2) is 7.95. The highest BCUT2D eigenvalue weighted by molar-refractivity contribution is 6.62. The molecule has 2 aromatic carbocycles. The summed E-state index contributed by atoms with van der Waals surface area (Å²) in [4.78, 5) is 11.9. The van der Waals surface area contributed by atoms with Gasteiger partial charge in [-0.25, -0.2) is 4.79 Å². The van der Waals surface area contributed by atoms with Crippen LogP contribution in [-0.4, -0.2) is 29.5 Å². The molecule has 0 radical (unpaired) electrons. The van der Waals surface area contributed by atoms with Crippen LogP contribution in [0, 0.1) is 0 Å². The quantitative estimate of drug-likeness (QED) is 0.776. The van der Waals surface area contributed by atoms with Crippen LogP contribution in [-0.2, 0) is 27.3 Å². The highest BCUT2D eigenvalue weighted by Crippen LogP contribution is 2.36. The van der Waals surface area contributed by atoms with E-state index in [0.29, 0.717) is 5.69 Å². The molecule has 0 bridgehead atoms. The predicted octanol–water partition coefficient (Wildman–Crippen LogP) is 3.23. The lowest BCUT2D eigenvalue weighted by molar-refractivity contribution is 0.00578. The Labute approximate surface area is 166 Å². The Morgan fingerprint density at radius 3 is 2.04 bits per heavy atom. The second-order valence-corrected chi connectivity index (χ2v) is 7.89. The number of amides is 1. The maximum Gasteiger partial charge on any atom is 0.494 e. The van der Waals surface area contributed by atoms with Crippen molar-refractivity contribution >= 4 is 24.4 Å². The first-order chi connectivity index (χ1) is 13.2. The molecule has 1 saturated heterocycles. The van der Waals surface area contributed by atoms with E-state index in [1.807, 2.05) is 52.0 Å². The Morgan fingerprint density at radius 1 is 0.964 bits per heavy atom. The summed E-state index contributed by atoms with van der Waals surface area (Å²) in [7, 11) is -0.412. The molecule has 0 aliphatic carbocycles. The lowest BCUT2D eigenvalue weighted by Gasteiger charge is -2.32. The molecule has 7 heteroatoms. The Bertz CT molecular complexity index is 802. The van der Waals surface area contributed by atoms with E-state index in [2.05, 4.69) is 5.32 Å². The van der Waals surface area contributed by atoms with Gasteiger partial charge in [0.05, 0.1) is 17.8 Å². The molecule has 1 fully saturated rings. The van der Waals surface area contributed by atoms with Gasteiger partial charge in [-0.15, -0.1) is 0 Å². The van der Waals surface area contributed by atoms with Gasteiger partial charge in [0.2, 0.25) is 0 Å². The Balaban J connectivity index is 1.52. The monoisotopic (exact) mass is 383 g/mol. The first-order valence-corrected chi connectivity index (χ1v) is 9.28. The minimum atomic E-state index is -0.535. The molecule has 0 atom stereocenters. The van der Waals surface area contributed by atoms with Crippen LogP contribution in [0.5, 0.6) is 0 Å². The van der Waals surface area contributed by atoms with Gasteiger partial charge in [-0.2, -0.15) is 0 Å². The van der Waals surface area contributed by atoms with Crippen molar-refractivity contribution in [2.75, 3.05) is 5.32 Å². The molecule has 1 amide bonds. The Kier molecular flexibility index (Phi) is 5.79. The zero-order valence-corrected chi connectivity index (χ0v) is 16.7. The average molecular weight is 383 g/mol. The topological polar surface area (TPSA) is 77.0 Å². The van der Waals surface area contributed by atoms with Crippen LogP contribution in [0.15, 0.2) is 48.5 Å². The van der Waals surface area contributed by atoms with Crippen molar-refractivity contribution in [1.82, 2.24) is 0 Å². The van der Waals surface area contributed by atoms with Gasteiger partial charge in [0, 0.05) is 5.69 Å². The molecule has 148 valence electrons. The summed E-state index contributed by atoms with van der Waals surface area (Å²) in [5.41, 5.74) is 2.42. The van der Waals surface area contributed by atoms with Gasteiger partial charge in [-0.3, -0.25) is 5.32 Å². The lowest BCUT2D eigenvalue weighted by Crippen LogP contribution is -2.41. The summed E-state index contributed by atoms with van der Waals surface area (Å²) in [5, 5.41) is 11.7. The van der Waals surface area contributed by atoms with Crippen LogP contribution in [0.4, 0.5) is 10.5 Å². The van der Waals surface area contributed by atoms with Gasteiger partial charge >= 0.3 is 13.2 Å². The van der Waals surface area contributed by atoms with Crippen molar-refractivity contribution in [3.8, 4) is 0 Å². The molecule has 1 aliphatic rings. The second-order valence-electron chi connectivity index (χ2n) is 7.89. The lowest BCUT2D eigenvalue weighted by atomic mass is 9.79. The fraction of sp³-hybridized carbons (Fsp3) is 0.381. The van der Waals surface area contributed by atoms with Crippen molar-refractivity contribution < 1.29 is 23.9 Å². The first-order valence-electron chi connectivity index (χ1n) is 9.28.